The van der Waals surface area contributed by atoms with E-state index < -0.39 is 30.9 Å². The van der Waals surface area contributed by atoms with Crippen LogP contribution in [0.2, 0.25) is 0 Å². The molecule has 0 bridgehead atoms. The Hall–Kier alpha value is -1.44. The standard InChI is InChI=1S/C13H16F6N2/c1-21(7-5-12(14,15)16)11-3-2-9(4-6-20)8-10(11)13(17,18)19/h2-3,8H,4-7,20H2,1H3. The second-order valence-electron chi connectivity index (χ2n) is 4.67. The topological polar surface area (TPSA) is 29.3 Å². The highest BCUT2D eigenvalue weighted by Crippen LogP contribution is 2.37. The molecule has 0 aliphatic heterocycles. The van der Waals surface area contributed by atoms with Crippen molar-refractivity contribution in [3.05, 3.63) is 29.3 Å². The van der Waals surface area contributed by atoms with E-state index in [1.54, 1.807) is 0 Å². The summed E-state index contributed by atoms with van der Waals surface area (Å²) in [7, 11) is 1.21. The van der Waals surface area contributed by atoms with E-state index in [1.165, 1.54) is 19.2 Å². The van der Waals surface area contributed by atoms with E-state index >= 15 is 0 Å². The van der Waals surface area contributed by atoms with Crippen LogP contribution < -0.4 is 10.6 Å². The minimum atomic E-state index is -4.63. The highest BCUT2D eigenvalue weighted by atomic mass is 19.4. The summed E-state index contributed by atoms with van der Waals surface area (Å²) in [4.78, 5) is 0.961. The molecule has 0 saturated heterocycles. The molecule has 120 valence electrons. The number of nitrogens with two attached hydrogens (primary N) is 1. The van der Waals surface area contributed by atoms with Gasteiger partial charge in [-0.25, -0.2) is 0 Å². The largest absolute Gasteiger partial charge is 0.418 e. The average Bonchev–Trinajstić information content (AvgIpc) is 2.34. The van der Waals surface area contributed by atoms with Crippen molar-refractivity contribution in [2.24, 2.45) is 5.73 Å². The van der Waals surface area contributed by atoms with E-state index in [4.69, 9.17) is 5.73 Å². The molecule has 0 spiro atoms. The molecule has 1 aromatic rings. The van der Waals surface area contributed by atoms with Gasteiger partial charge in [0, 0.05) is 19.3 Å². The van der Waals surface area contributed by atoms with E-state index in [1.807, 2.05) is 0 Å². The summed E-state index contributed by atoms with van der Waals surface area (Å²) in [5, 5.41) is 0. The Morgan fingerprint density at radius 2 is 1.71 bits per heavy atom. The number of hydrogen-bond donors (Lipinski definition) is 1. The first-order valence-electron chi connectivity index (χ1n) is 6.22. The van der Waals surface area contributed by atoms with E-state index in [0.29, 0.717) is 5.56 Å². The molecule has 2 N–H and O–H groups in total. The first-order chi connectivity index (χ1) is 9.54. The van der Waals surface area contributed by atoms with Crippen LogP contribution in [0.4, 0.5) is 32.0 Å². The van der Waals surface area contributed by atoms with Crippen molar-refractivity contribution in [2.45, 2.75) is 25.2 Å². The molecule has 21 heavy (non-hydrogen) atoms. The zero-order valence-corrected chi connectivity index (χ0v) is 11.4. The number of anilines is 1. The van der Waals surface area contributed by atoms with Crippen molar-refractivity contribution in [1.29, 1.82) is 0 Å². The summed E-state index contributed by atoms with van der Waals surface area (Å²) >= 11 is 0. The van der Waals surface area contributed by atoms with Crippen LogP contribution in [0.3, 0.4) is 0 Å². The van der Waals surface area contributed by atoms with Crippen LogP contribution in [0.5, 0.6) is 0 Å². The Balaban J connectivity index is 3.05. The fourth-order valence-corrected chi connectivity index (χ4v) is 1.88. The van der Waals surface area contributed by atoms with E-state index in [-0.39, 0.29) is 18.7 Å². The SMILES string of the molecule is CN(CCC(F)(F)F)c1ccc(CCN)cc1C(F)(F)F. The third kappa shape index (κ3) is 5.45. The third-order valence-electron chi connectivity index (χ3n) is 2.94. The molecule has 8 heteroatoms. The summed E-state index contributed by atoms with van der Waals surface area (Å²) in [6.07, 6.45) is -9.94. The summed E-state index contributed by atoms with van der Waals surface area (Å²) in [5.41, 5.74) is 4.48. The van der Waals surface area contributed by atoms with Crippen molar-refractivity contribution in [1.82, 2.24) is 0 Å². The zero-order chi connectivity index (χ0) is 16.3. The van der Waals surface area contributed by atoms with Gasteiger partial charge in [-0.2, -0.15) is 26.3 Å². The fraction of sp³-hybridized carbons (Fsp3) is 0.538. The first-order valence-corrected chi connectivity index (χ1v) is 6.22. The van der Waals surface area contributed by atoms with E-state index in [0.717, 1.165) is 11.0 Å². The lowest BCUT2D eigenvalue weighted by Crippen LogP contribution is -2.26. The van der Waals surface area contributed by atoms with Gasteiger partial charge < -0.3 is 10.6 Å². The van der Waals surface area contributed by atoms with Gasteiger partial charge in [0.2, 0.25) is 0 Å². The molecule has 1 rings (SSSR count). The summed E-state index contributed by atoms with van der Waals surface area (Å²) in [6, 6.07) is 3.57. The number of benzene rings is 1. The molecule has 0 saturated carbocycles. The maximum Gasteiger partial charge on any atom is 0.418 e. The van der Waals surface area contributed by atoms with Gasteiger partial charge in [0.1, 0.15) is 0 Å². The Bertz CT molecular complexity index is 467. The number of rotatable bonds is 5. The lowest BCUT2D eigenvalue weighted by atomic mass is 10.0. The van der Waals surface area contributed by atoms with Gasteiger partial charge in [0.15, 0.2) is 0 Å². The monoisotopic (exact) mass is 314 g/mol. The number of hydrogen-bond acceptors (Lipinski definition) is 2. The maximum atomic E-state index is 13.0. The number of halogens is 6. The highest BCUT2D eigenvalue weighted by molar-refractivity contribution is 5.56. The van der Waals surface area contributed by atoms with Gasteiger partial charge in [0.05, 0.1) is 12.0 Å². The van der Waals surface area contributed by atoms with Crippen LogP contribution in [0.25, 0.3) is 0 Å². The van der Waals surface area contributed by atoms with Crippen molar-refractivity contribution in [3.8, 4) is 0 Å². The maximum absolute atomic E-state index is 13.0. The van der Waals surface area contributed by atoms with Crippen molar-refractivity contribution in [3.63, 3.8) is 0 Å². The molecule has 1 aromatic carbocycles. The second kappa shape index (κ2) is 6.55. The number of nitrogens with zero attached hydrogens (tertiary/aromatic N) is 1. The van der Waals surface area contributed by atoms with Crippen LogP contribution >= 0.6 is 0 Å². The molecular formula is C13H16F6N2. The lowest BCUT2D eigenvalue weighted by Gasteiger charge is -2.24. The van der Waals surface area contributed by atoms with Crippen LogP contribution in [-0.2, 0) is 12.6 Å². The minimum absolute atomic E-state index is 0.195. The van der Waals surface area contributed by atoms with Gasteiger partial charge in [-0.3, -0.25) is 0 Å². The first kappa shape index (κ1) is 17.6. The van der Waals surface area contributed by atoms with Crippen molar-refractivity contribution >= 4 is 5.69 Å². The molecule has 0 radical (unpaired) electrons. The molecule has 0 atom stereocenters. The van der Waals surface area contributed by atoms with Gasteiger partial charge in [-0.1, -0.05) is 6.07 Å². The van der Waals surface area contributed by atoms with E-state index in [9.17, 15) is 26.3 Å². The molecule has 0 aliphatic rings. The van der Waals surface area contributed by atoms with Gasteiger partial charge in [0.25, 0.3) is 0 Å². The van der Waals surface area contributed by atoms with Crippen LogP contribution in [0.1, 0.15) is 17.5 Å². The normalized spacial score (nSPS) is 12.6. The smallest absolute Gasteiger partial charge is 0.374 e. The molecule has 0 aliphatic carbocycles. The molecule has 0 fully saturated rings. The van der Waals surface area contributed by atoms with Gasteiger partial charge in [-0.15, -0.1) is 0 Å². The summed E-state index contributed by atoms with van der Waals surface area (Å²) in [5.74, 6) is 0. The minimum Gasteiger partial charge on any atom is -0.374 e. The van der Waals surface area contributed by atoms with Crippen LogP contribution in [0.15, 0.2) is 18.2 Å². The quantitative estimate of drug-likeness (QED) is 0.842. The molecule has 0 unspecified atom stereocenters. The predicted molar refractivity (Wildman–Crippen MR) is 68.1 cm³/mol. The molecule has 0 aromatic heterocycles. The summed E-state index contributed by atoms with van der Waals surface area (Å²) in [6.45, 7) is -0.344. The van der Waals surface area contributed by atoms with E-state index in [2.05, 4.69) is 0 Å². The predicted octanol–water partition coefficient (Wildman–Crippen LogP) is 3.60. The molecule has 0 amide bonds. The van der Waals surface area contributed by atoms with Crippen molar-refractivity contribution < 1.29 is 26.3 Å². The van der Waals surface area contributed by atoms with Gasteiger partial charge >= 0.3 is 12.4 Å². The second-order valence-corrected chi connectivity index (χ2v) is 4.67. The third-order valence-corrected chi connectivity index (χ3v) is 2.94. The molecule has 0 heterocycles. The number of alkyl halides is 6. The van der Waals surface area contributed by atoms with Gasteiger partial charge in [-0.05, 0) is 30.7 Å². The Kier molecular flexibility index (Phi) is 5.49. The fourth-order valence-electron chi connectivity index (χ4n) is 1.88. The van der Waals surface area contributed by atoms with Crippen LogP contribution in [-0.4, -0.2) is 26.3 Å². The molecular weight excluding hydrogens is 298 g/mol. The Morgan fingerprint density at radius 3 is 2.19 bits per heavy atom. The average molecular weight is 314 g/mol. The summed E-state index contributed by atoms with van der Waals surface area (Å²) < 4.78 is 75.6. The zero-order valence-electron chi connectivity index (χ0n) is 11.4. The Morgan fingerprint density at radius 1 is 1.10 bits per heavy atom. The lowest BCUT2D eigenvalue weighted by molar-refractivity contribution is -0.137. The van der Waals surface area contributed by atoms with Crippen LogP contribution in [0, 0.1) is 0 Å². The Labute approximate surface area is 118 Å². The molecule has 2 nitrogen and oxygen atoms in total. The highest BCUT2D eigenvalue weighted by Gasteiger charge is 2.35. The van der Waals surface area contributed by atoms with Crippen molar-refractivity contribution in [2.75, 3.05) is 25.0 Å².